The molecule has 2 amide bonds. The van der Waals surface area contributed by atoms with Gasteiger partial charge in [0, 0.05) is 17.5 Å². The van der Waals surface area contributed by atoms with Gasteiger partial charge in [0.05, 0.1) is 31.9 Å². The molecule has 0 unspecified atom stereocenters. The van der Waals surface area contributed by atoms with Crippen LogP contribution >= 0.6 is 0 Å². The summed E-state index contributed by atoms with van der Waals surface area (Å²) >= 11 is 0. The Hall–Kier alpha value is -2.05. The van der Waals surface area contributed by atoms with Gasteiger partial charge in [-0.25, -0.2) is 4.79 Å². The molecular formula is C19H26N2O4. The number of nitrogens with one attached hydrogen (secondary N) is 1. The zero-order valence-corrected chi connectivity index (χ0v) is 15.0. The van der Waals surface area contributed by atoms with E-state index in [4.69, 9.17) is 9.15 Å². The van der Waals surface area contributed by atoms with Crippen molar-refractivity contribution in [2.45, 2.75) is 32.9 Å². The van der Waals surface area contributed by atoms with Gasteiger partial charge in [-0.1, -0.05) is 32.0 Å². The highest BCUT2D eigenvalue weighted by atomic mass is 16.5. The first-order valence-corrected chi connectivity index (χ1v) is 8.77. The summed E-state index contributed by atoms with van der Waals surface area (Å²) in [7, 11) is 0. The smallest absolute Gasteiger partial charge is 0.318 e. The van der Waals surface area contributed by atoms with Gasteiger partial charge >= 0.3 is 6.03 Å². The molecule has 2 atom stereocenters. The number of amides is 2. The van der Waals surface area contributed by atoms with Crippen LogP contribution in [0.15, 0.2) is 28.7 Å². The number of morpholine rings is 1. The second-order valence-electron chi connectivity index (χ2n) is 6.88. The summed E-state index contributed by atoms with van der Waals surface area (Å²) < 4.78 is 11.5. The molecule has 2 heterocycles. The summed E-state index contributed by atoms with van der Waals surface area (Å²) in [5.41, 5.74) is 1.89. The lowest BCUT2D eigenvalue weighted by molar-refractivity contribution is -0.0407. The number of fused-ring (bicyclic) bond motifs is 1. The van der Waals surface area contributed by atoms with Crippen LogP contribution in [0.3, 0.4) is 0 Å². The Labute approximate surface area is 147 Å². The third-order valence-electron chi connectivity index (χ3n) is 4.74. The van der Waals surface area contributed by atoms with Crippen LogP contribution in [0.4, 0.5) is 4.79 Å². The number of rotatable bonds is 4. The van der Waals surface area contributed by atoms with Gasteiger partial charge < -0.3 is 24.5 Å². The minimum absolute atomic E-state index is 0.0833. The molecule has 2 N–H and O–H groups in total. The summed E-state index contributed by atoms with van der Waals surface area (Å²) in [6.45, 7) is 7.42. The normalized spacial score (nSPS) is 19.4. The quantitative estimate of drug-likeness (QED) is 0.893. The predicted molar refractivity (Wildman–Crippen MR) is 95.5 cm³/mol. The fourth-order valence-electron chi connectivity index (χ4n) is 3.26. The van der Waals surface area contributed by atoms with Gasteiger partial charge in [0.25, 0.3) is 0 Å². The van der Waals surface area contributed by atoms with Crippen molar-refractivity contribution >= 4 is 17.0 Å². The van der Waals surface area contributed by atoms with Gasteiger partial charge in [0.15, 0.2) is 0 Å². The second kappa shape index (κ2) is 7.45. The summed E-state index contributed by atoms with van der Waals surface area (Å²) in [5, 5.41) is 13.4. The summed E-state index contributed by atoms with van der Waals surface area (Å²) in [6.07, 6.45) is -0.315. The number of aliphatic hydroxyl groups excluding tert-OH is 1. The Balaban J connectivity index is 1.81. The minimum Gasteiger partial charge on any atom is -0.459 e. The number of aryl methyl sites for hydroxylation is 1. The molecule has 1 aliphatic heterocycles. The van der Waals surface area contributed by atoms with E-state index in [0.717, 1.165) is 22.3 Å². The van der Waals surface area contributed by atoms with E-state index < -0.39 is 0 Å². The molecule has 1 aliphatic rings. The first kappa shape index (κ1) is 17.8. The summed E-state index contributed by atoms with van der Waals surface area (Å²) in [6, 6.07) is 7.54. The lowest BCUT2D eigenvalue weighted by atomic mass is 9.98. The maximum atomic E-state index is 12.7. The van der Waals surface area contributed by atoms with Gasteiger partial charge in [0.2, 0.25) is 0 Å². The highest BCUT2D eigenvalue weighted by Gasteiger charge is 2.29. The van der Waals surface area contributed by atoms with Crippen LogP contribution in [0.2, 0.25) is 0 Å². The number of nitrogens with zero attached hydrogens (tertiary/aromatic N) is 1. The number of urea groups is 1. The monoisotopic (exact) mass is 346 g/mol. The summed E-state index contributed by atoms with van der Waals surface area (Å²) in [4.78, 5) is 14.4. The molecule has 0 radical (unpaired) electrons. The maximum absolute atomic E-state index is 12.7. The molecule has 2 aromatic rings. The van der Waals surface area contributed by atoms with E-state index >= 15 is 0 Å². The molecule has 0 spiro atoms. The van der Waals surface area contributed by atoms with Crippen LogP contribution in [0.5, 0.6) is 0 Å². The molecule has 6 nitrogen and oxygen atoms in total. The molecule has 1 aromatic carbocycles. The number of hydrogen-bond donors (Lipinski definition) is 2. The van der Waals surface area contributed by atoms with E-state index in [1.807, 2.05) is 31.2 Å². The Morgan fingerprint density at radius 1 is 1.40 bits per heavy atom. The van der Waals surface area contributed by atoms with Crippen molar-refractivity contribution in [1.82, 2.24) is 10.2 Å². The van der Waals surface area contributed by atoms with E-state index in [0.29, 0.717) is 19.7 Å². The van der Waals surface area contributed by atoms with Crippen molar-refractivity contribution in [2.75, 3.05) is 26.3 Å². The molecule has 3 rings (SSSR count). The maximum Gasteiger partial charge on any atom is 0.318 e. The van der Waals surface area contributed by atoms with Gasteiger partial charge in [-0.15, -0.1) is 0 Å². The van der Waals surface area contributed by atoms with Gasteiger partial charge in [-0.05, 0) is 18.9 Å². The number of carbonyl (C=O) groups is 1. The topological polar surface area (TPSA) is 74.9 Å². The van der Waals surface area contributed by atoms with E-state index in [9.17, 15) is 9.90 Å². The molecule has 1 fully saturated rings. The Morgan fingerprint density at radius 3 is 2.84 bits per heavy atom. The van der Waals surface area contributed by atoms with Gasteiger partial charge in [-0.3, -0.25) is 0 Å². The van der Waals surface area contributed by atoms with Crippen LogP contribution < -0.4 is 5.32 Å². The second-order valence-corrected chi connectivity index (χ2v) is 6.88. The zero-order valence-electron chi connectivity index (χ0n) is 15.0. The number of aliphatic hydroxyl groups is 1. The molecule has 136 valence electrons. The van der Waals surface area contributed by atoms with Crippen LogP contribution in [-0.4, -0.2) is 48.4 Å². The number of carbonyl (C=O) groups excluding carboxylic acids is 1. The molecule has 25 heavy (non-hydrogen) atoms. The number of hydrogen-bond acceptors (Lipinski definition) is 4. The Bertz CT molecular complexity index is 740. The predicted octanol–water partition coefficient (Wildman–Crippen LogP) is 2.84. The standard InChI is InChI=1S/C19H26N2O4/c1-12(2)17(18-13(3)15-6-4-5-7-16(15)25-18)20-19(23)21-8-9-24-14(10-21)11-22/h4-7,12,14,17,22H,8-11H2,1-3H3,(H,20,23)/t14-,17-/m1/s1. The molecule has 1 aromatic heterocycles. The fraction of sp³-hybridized carbons (Fsp3) is 0.526. The number of ether oxygens (including phenoxy) is 1. The Kier molecular flexibility index (Phi) is 5.30. The van der Waals surface area contributed by atoms with Crippen LogP contribution in [-0.2, 0) is 4.74 Å². The fourth-order valence-corrected chi connectivity index (χ4v) is 3.26. The Morgan fingerprint density at radius 2 is 2.16 bits per heavy atom. The van der Waals surface area contributed by atoms with E-state index in [-0.39, 0.29) is 30.7 Å². The van der Waals surface area contributed by atoms with Crippen molar-refractivity contribution in [3.05, 3.63) is 35.6 Å². The molecule has 0 bridgehead atoms. The van der Waals surface area contributed by atoms with Crippen molar-refractivity contribution in [2.24, 2.45) is 5.92 Å². The number of benzene rings is 1. The SMILES string of the molecule is Cc1c([C@H](NC(=O)N2CCO[C@@H](CO)C2)C(C)C)oc2ccccc12. The highest BCUT2D eigenvalue weighted by Crippen LogP contribution is 2.32. The van der Waals surface area contributed by atoms with Crippen molar-refractivity contribution in [3.63, 3.8) is 0 Å². The van der Waals surface area contributed by atoms with E-state index in [2.05, 4.69) is 19.2 Å². The van der Waals surface area contributed by atoms with Crippen molar-refractivity contribution < 1.29 is 19.1 Å². The molecule has 1 saturated heterocycles. The highest BCUT2D eigenvalue weighted by molar-refractivity contribution is 5.82. The molecule has 0 saturated carbocycles. The largest absolute Gasteiger partial charge is 0.459 e. The van der Waals surface area contributed by atoms with Crippen LogP contribution in [0, 0.1) is 12.8 Å². The lowest BCUT2D eigenvalue weighted by Crippen LogP contribution is -2.51. The molecule has 0 aliphatic carbocycles. The van der Waals surface area contributed by atoms with Gasteiger partial charge in [-0.2, -0.15) is 0 Å². The molecular weight excluding hydrogens is 320 g/mol. The summed E-state index contributed by atoms with van der Waals surface area (Å²) in [5.74, 6) is 0.981. The van der Waals surface area contributed by atoms with Crippen LogP contribution in [0.25, 0.3) is 11.0 Å². The zero-order chi connectivity index (χ0) is 18.0. The van der Waals surface area contributed by atoms with E-state index in [1.54, 1.807) is 4.90 Å². The van der Waals surface area contributed by atoms with Gasteiger partial charge in [0.1, 0.15) is 11.3 Å². The van der Waals surface area contributed by atoms with Crippen molar-refractivity contribution in [1.29, 1.82) is 0 Å². The first-order valence-electron chi connectivity index (χ1n) is 8.77. The third kappa shape index (κ3) is 3.65. The van der Waals surface area contributed by atoms with Crippen LogP contribution in [0.1, 0.15) is 31.2 Å². The van der Waals surface area contributed by atoms with E-state index in [1.165, 1.54) is 0 Å². The van der Waals surface area contributed by atoms with Crippen molar-refractivity contribution in [3.8, 4) is 0 Å². The lowest BCUT2D eigenvalue weighted by Gasteiger charge is -2.33. The first-order chi connectivity index (χ1) is 12.0. The average molecular weight is 346 g/mol. The molecule has 6 heteroatoms. The number of para-hydroxylation sites is 1. The minimum atomic E-state index is -0.315. The number of furan rings is 1. The third-order valence-corrected chi connectivity index (χ3v) is 4.74. The average Bonchev–Trinajstić information content (AvgIpc) is 2.96.